The van der Waals surface area contributed by atoms with Crippen LogP contribution < -0.4 is 4.74 Å². The Hall–Kier alpha value is -3.29. The number of benzene rings is 1. The molecule has 0 spiro atoms. The third-order valence-corrected chi connectivity index (χ3v) is 3.83. The Morgan fingerprint density at radius 3 is 2.62 bits per heavy atom. The van der Waals surface area contributed by atoms with Crippen molar-refractivity contribution in [1.29, 1.82) is 0 Å². The fraction of sp³-hybridized carbons (Fsp3) is 0.278. The first-order valence-electron chi connectivity index (χ1n) is 8.03. The highest BCUT2D eigenvalue weighted by atomic mass is 16.6. The van der Waals surface area contributed by atoms with Gasteiger partial charge >= 0.3 is 5.69 Å². The SMILES string of the molecule is COc1ccc(N=Nc2c(C(C)(C)C)nc3ccccn23)cc1[N+](=O)[O-]. The molecule has 1 aromatic carbocycles. The highest BCUT2D eigenvalue weighted by molar-refractivity contribution is 5.57. The van der Waals surface area contributed by atoms with Crippen LogP contribution in [0.15, 0.2) is 52.8 Å². The minimum Gasteiger partial charge on any atom is -0.490 e. The maximum atomic E-state index is 11.2. The second-order valence-corrected chi connectivity index (χ2v) is 6.78. The number of methoxy groups -OCH3 is 1. The summed E-state index contributed by atoms with van der Waals surface area (Å²) in [5, 5.41) is 19.7. The van der Waals surface area contributed by atoms with E-state index >= 15 is 0 Å². The van der Waals surface area contributed by atoms with E-state index < -0.39 is 4.92 Å². The lowest BCUT2D eigenvalue weighted by molar-refractivity contribution is -0.385. The summed E-state index contributed by atoms with van der Waals surface area (Å²) in [6.07, 6.45) is 1.86. The average Bonchev–Trinajstić information content (AvgIpc) is 2.98. The van der Waals surface area contributed by atoms with E-state index in [1.165, 1.54) is 19.2 Å². The number of aromatic nitrogens is 2. The van der Waals surface area contributed by atoms with Crippen molar-refractivity contribution in [2.45, 2.75) is 26.2 Å². The van der Waals surface area contributed by atoms with Gasteiger partial charge in [-0.15, -0.1) is 10.2 Å². The van der Waals surface area contributed by atoms with Crippen molar-refractivity contribution in [3.05, 3.63) is 58.4 Å². The Morgan fingerprint density at radius 2 is 1.96 bits per heavy atom. The molecule has 26 heavy (non-hydrogen) atoms. The molecule has 0 saturated carbocycles. The quantitative estimate of drug-likeness (QED) is 0.376. The Balaban J connectivity index is 2.09. The highest BCUT2D eigenvalue weighted by Gasteiger charge is 2.24. The van der Waals surface area contributed by atoms with Crippen molar-refractivity contribution < 1.29 is 9.66 Å². The molecule has 2 aromatic heterocycles. The van der Waals surface area contributed by atoms with Gasteiger partial charge in [0.2, 0.25) is 0 Å². The molecule has 0 aliphatic rings. The molecule has 0 aliphatic carbocycles. The molecule has 0 N–H and O–H groups in total. The third-order valence-electron chi connectivity index (χ3n) is 3.83. The van der Waals surface area contributed by atoms with Gasteiger partial charge in [0.05, 0.1) is 23.4 Å². The number of imidazole rings is 1. The molecule has 3 aromatic rings. The molecule has 134 valence electrons. The zero-order valence-electron chi connectivity index (χ0n) is 15.0. The van der Waals surface area contributed by atoms with Crippen molar-refractivity contribution in [2.75, 3.05) is 7.11 Å². The Morgan fingerprint density at radius 1 is 1.19 bits per heavy atom. The molecular formula is C18H19N5O3. The van der Waals surface area contributed by atoms with Gasteiger partial charge in [0, 0.05) is 17.7 Å². The van der Waals surface area contributed by atoms with E-state index in [2.05, 4.69) is 15.2 Å². The van der Waals surface area contributed by atoms with Gasteiger partial charge in [0.15, 0.2) is 11.6 Å². The summed E-state index contributed by atoms with van der Waals surface area (Å²) in [7, 11) is 1.39. The van der Waals surface area contributed by atoms with Gasteiger partial charge in [0.1, 0.15) is 5.65 Å². The van der Waals surface area contributed by atoms with E-state index in [0.717, 1.165) is 11.3 Å². The summed E-state index contributed by atoms with van der Waals surface area (Å²) in [5.41, 5.74) is 1.55. The first-order chi connectivity index (χ1) is 12.3. The first kappa shape index (κ1) is 17.5. The second-order valence-electron chi connectivity index (χ2n) is 6.78. The topological polar surface area (TPSA) is 94.4 Å². The number of pyridine rings is 1. The van der Waals surface area contributed by atoms with Gasteiger partial charge in [-0.05, 0) is 24.3 Å². The predicted octanol–water partition coefficient (Wildman–Crippen LogP) is 4.96. The lowest BCUT2D eigenvalue weighted by Crippen LogP contribution is -2.11. The Labute approximate surface area is 150 Å². The lowest BCUT2D eigenvalue weighted by Gasteiger charge is -2.15. The first-order valence-corrected chi connectivity index (χ1v) is 8.03. The number of azo groups is 1. The van der Waals surface area contributed by atoms with E-state index in [0.29, 0.717) is 11.5 Å². The fourth-order valence-corrected chi connectivity index (χ4v) is 2.57. The standard InChI is InChI=1S/C18H19N5O3/c1-18(2,3)16-17(22-10-6-5-7-15(22)19-16)21-20-12-8-9-14(26-4)13(11-12)23(24)25/h5-11H,1-4H3. The lowest BCUT2D eigenvalue weighted by atomic mass is 9.92. The second kappa shape index (κ2) is 6.55. The molecule has 3 rings (SSSR count). The van der Waals surface area contributed by atoms with E-state index in [4.69, 9.17) is 4.74 Å². The van der Waals surface area contributed by atoms with Crippen LogP contribution in [0.1, 0.15) is 26.5 Å². The molecule has 0 radical (unpaired) electrons. The molecule has 0 aliphatic heterocycles. The van der Waals surface area contributed by atoms with Crippen molar-refractivity contribution in [2.24, 2.45) is 10.2 Å². The van der Waals surface area contributed by atoms with Crippen molar-refractivity contribution in [1.82, 2.24) is 9.38 Å². The van der Waals surface area contributed by atoms with Crippen molar-refractivity contribution in [3.63, 3.8) is 0 Å². The van der Waals surface area contributed by atoms with Crippen LogP contribution in [-0.2, 0) is 5.41 Å². The van der Waals surface area contributed by atoms with Gasteiger partial charge in [-0.1, -0.05) is 26.8 Å². The maximum Gasteiger partial charge on any atom is 0.313 e. The minimum atomic E-state index is -0.507. The molecule has 8 heteroatoms. The normalized spacial score (nSPS) is 12.0. The molecule has 0 fully saturated rings. The molecule has 8 nitrogen and oxygen atoms in total. The van der Waals surface area contributed by atoms with Crippen LogP contribution >= 0.6 is 0 Å². The number of fused-ring (bicyclic) bond motifs is 1. The zero-order valence-corrected chi connectivity index (χ0v) is 15.0. The Kier molecular flexibility index (Phi) is 4.41. The molecule has 0 atom stereocenters. The number of rotatable bonds is 4. The summed E-state index contributed by atoms with van der Waals surface area (Å²) in [5.74, 6) is 0.783. The summed E-state index contributed by atoms with van der Waals surface area (Å²) in [6.45, 7) is 6.14. The molecule has 0 bridgehead atoms. The largest absolute Gasteiger partial charge is 0.490 e. The number of hydrogen-bond acceptors (Lipinski definition) is 6. The predicted molar refractivity (Wildman–Crippen MR) is 97.7 cm³/mol. The monoisotopic (exact) mass is 353 g/mol. The number of nitro benzene ring substituents is 1. The summed E-state index contributed by atoms with van der Waals surface area (Å²) in [6, 6.07) is 10.1. The highest BCUT2D eigenvalue weighted by Crippen LogP contribution is 2.35. The van der Waals surface area contributed by atoms with Crippen LogP contribution in [0.4, 0.5) is 17.2 Å². The summed E-state index contributed by atoms with van der Waals surface area (Å²) < 4.78 is 6.85. The van der Waals surface area contributed by atoms with Crippen LogP contribution in [-0.4, -0.2) is 21.4 Å². The molecule has 0 unspecified atom stereocenters. The fourth-order valence-electron chi connectivity index (χ4n) is 2.57. The van der Waals surface area contributed by atoms with Crippen LogP contribution in [0, 0.1) is 10.1 Å². The number of ether oxygens (including phenoxy) is 1. The van der Waals surface area contributed by atoms with Gasteiger partial charge < -0.3 is 4.74 Å². The van der Waals surface area contributed by atoms with E-state index in [-0.39, 0.29) is 16.9 Å². The van der Waals surface area contributed by atoms with Gasteiger partial charge in [-0.3, -0.25) is 14.5 Å². The molecule has 2 heterocycles. The van der Waals surface area contributed by atoms with E-state index in [1.807, 2.05) is 49.6 Å². The minimum absolute atomic E-state index is 0.155. The number of nitrogens with zero attached hydrogens (tertiary/aromatic N) is 5. The van der Waals surface area contributed by atoms with Crippen LogP contribution in [0.3, 0.4) is 0 Å². The van der Waals surface area contributed by atoms with Gasteiger partial charge in [0.25, 0.3) is 0 Å². The molecule has 0 saturated heterocycles. The smallest absolute Gasteiger partial charge is 0.313 e. The van der Waals surface area contributed by atoms with Crippen LogP contribution in [0.5, 0.6) is 5.75 Å². The van der Waals surface area contributed by atoms with Gasteiger partial charge in [-0.2, -0.15) is 0 Å². The van der Waals surface area contributed by atoms with Crippen LogP contribution in [0.2, 0.25) is 0 Å². The van der Waals surface area contributed by atoms with E-state index in [9.17, 15) is 10.1 Å². The van der Waals surface area contributed by atoms with Crippen molar-refractivity contribution >= 4 is 22.8 Å². The van der Waals surface area contributed by atoms with Crippen LogP contribution in [0.25, 0.3) is 5.65 Å². The number of nitro groups is 1. The molecular weight excluding hydrogens is 334 g/mol. The zero-order chi connectivity index (χ0) is 18.9. The van der Waals surface area contributed by atoms with Crippen molar-refractivity contribution in [3.8, 4) is 5.75 Å². The summed E-state index contributed by atoms with van der Waals surface area (Å²) in [4.78, 5) is 15.3. The Bertz CT molecular complexity index is 1000. The van der Waals surface area contributed by atoms with Gasteiger partial charge in [-0.25, -0.2) is 4.98 Å². The third kappa shape index (κ3) is 3.26. The molecule has 0 amide bonds. The average molecular weight is 353 g/mol. The maximum absolute atomic E-state index is 11.2. The summed E-state index contributed by atoms with van der Waals surface area (Å²) >= 11 is 0. The van der Waals surface area contributed by atoms with E-state index in [1.54, 1.807) is 6.07 Å². The number of hydrogen-bond donors (Lipinski definition) is 0.